The van der Waals surface area contributed by atoms with E-state index in [9.17, 15) is 9.59 Å². The van der Waals surface area contributed by atoms with Crippen LogP contribution in [0.2, 0.25) is 0 Å². The number of carbonyl (C=O) groups is 2. The van der Waals surface area contributed by atoms with E-state index in [1.165, 1.54) is 5.56 Å². The molecule has 154 valence electrons. The van der Waals surface area contributed by atoms with Gasteiger partial charge in [0.1, 0.15) is 17.6 Å². The van der Waals surface area contributed by atoms with Gasteiger partial charge in [-0.25, -0.2) is 0 Å². The summed E-state index contributed by atoms with van der Waals surface area (Å²) in [7, 11) is 1.54. The van der Waals surface area contributed by atoms with Gasteiger partial charge < -0.3 is 24.7 Å². The first kappa shape index (κ1) is 19.6. The Balaban J connectivity index is 1.44. The largest absolute Gasteiger partial charge is 0.497 e. The minimum atomic E-state index is -0.733. The third kappa shape index (κ3) is 4.15. The number of hydrogen-bond acceptors (Lipinski definition) is 5. The summed E-state index contributed by atoms with van der Waals surface area (Å²) in [6, 6.07) is 18.5. The number of methoxy groups -OCH3 is 1. The predicted molar refractivity (Wildman–Crippen MR) is 114 cm³/mol. The summed E-state index contributed by atoms with van der Waals surface area (Å²) < 4.78 is 10.8. The molecule has 0 aliphatic carbocycles. The van der Waals surface area contributed by atoms with E-state index in [1.807, 2.05) is 24.3 Å². The maximum atomic E-state index is 12.4. The SMILES string of the molecule is COc1cccc(NC(=O)C(=O)NC[C@H](c2ccco2)N2CCc3ccccc32)c1. The van der Waals surface area contributed by atoms with Crippen LogP contribution in [0.1, 0.15) is 17.4 Å². The first-order valence-corrected chi connectivity index (χ1v) is 9.77. The Morgan fingerprint density at radius 3 is 2.77 bits per heavy atom. The van der Waals surface area contributed by atoms with E-state index in [-0.39, 0.29) is 12.6 Å². The number of hydrogen-bond donors (Lipinski definition) is 2. The van der Waals surface area contributed by atoms with E-state index in [1.54, 1.807) is 37.6 Å². The molecule has 2 amide bonds. The van der Waals surface area contributed by atoms with Crippen molar-refractivity contribution >= 4 is 23.2 Å². The molecule has 0 fully saturated rings. The second-order valence-corrected chi connectivity index (χ2v) is 7.00. The minimum Gasteiger partial charge on any atom is -0.497 e. The number of anilines is 2. The van der Waals surface area contributed by atoms with E-state index < -0.39 is 11.8 Å². The fourth-order valence-corrected chi connectivity index (χ4v) is 3.69. The van der Waals surface area contributed by atoms with Crippen molar-refractivity contribution in [3.8, 4) is 5.75 Å². The number of furan rings is 1. The first-order chi connectivity index (χ1) is 14.7. The Morgan fingerprint density at radius 1 is 1.10 bits per heavy atom. The molecule has 0 saturated heterocycles. The summed E-state index contributed by atoms with van der Waals surface area (Å²) in [6.45, 7) is 1.06. The van der Waals surface area contributed by atoms with Crippen LogP contribution in [0.4, 0.5) is 11.4 Å². The molecule has 7 heteroatoms. The Hall–Kier alpha value is -3.74. The van der Waals surface area contributed by atoms with Crippen LogP contribution in [0.5, 0.6) is 5.75 Å². The first-order valence-electron chi connectivity index (χ1n) is 9.77. The van der Waals surface area contributed by atoms with E-state index in [0.29, 0.717) is 11.4 Å². The third-order valence-corrected chi connectivity index (χ3v) is 5.16. The van der Waals surface area contributed by atoms with Gasteiger partial charge in [0.25, 0.3) is 0 Å². The Labute approximate surface area is 174 Å². The summed E-state index contributed by atoms with van der Waals surface area (Å²) in [5, 5.41) is 5.34. The zero-order valence-electron chi connectivity index (χ0n) is 16.6. The Bertz CT molecular complexity index is 1030. The molecule has 1 aliphatic heterocycles. The van der Waals surface area contributed by atoms with Gasteiger partial charge in [0.15, 0.2) is 0 Å². The standard InChI is InChI=1S/C23H23N3O4/c1-29-18-8-4-7-17(14-18)25-23(28)22(27)24-15-20(21-10-5-13-30-21)26-12-11-16-6-2-3-9-19(16)26/h2-10,13-14,20H,11-12,15H2,1H3,(H,24,27)(H,25,28)/t20-/m1/s1. The molecule has 0 unspecified atom stereocenters. The number of rotatable bonds is 6. The van der Waals surface area contributed by atoms with Gasteiger partial charge in [0.2, 0.25) is 0 Å². The van der Waals surface area contributed by atoms with Gasteiger partial charge in [0, 0.05) is 30.5 Å². The average molecular weight is 405 g/mol. The molecule has 1 aromatic heterocycles. The molecule has 4 rings (SSSR count). The van der Waals surface area contributed by atoms with Gasteiger partial charge in [0.05, 0.1) is 13.4 Å². The zero-order valence-corrected chi connectivity index (χ0v) is 16.6. The lowest BCUT2D eigenvalue weighted by Gasteiger charge is -2.29. The number of nitrogens with one attached hydrogen (secondary N) is 2. The second kappa shape index (κ2) is 8.73. The van der Waals surface area contributed by atoms with Crippen LogP contribution in [0.3, 0.4) is 0 Å². The number of fused-ring (bicyclic) bond motifs is 1. The van der Waals surface area contributed by atoms with Crippen molar-refractivity contribution in [2.24, 2.45) is 0 Å². The highest BCUT2D eigenvalue weighted by molar-refractivity contribution is 6.39. The number of benzene rings is 2. The van der Waals surface area contributed by atoms with Crippen LogP contribution < -0.4 is 20.3 Å². The van der Waals surface area contributed by atoms with E-state index in [2.05, 4.69) is 27.7 Å². The molecule has 1 aliphatic rings. The molecule has 2 N–H and O–H groups in total. The molecule has 0 saturated carbocycles. The lowest BCUT2D eigenvalue weighted by Crippen LogP contribution is -2.41. The summed E-state index contributed by atoms with van der Waals surface area (Å²) in [5.74, 6) is -0.107. The Kier molecular flexibility index (Phi) is 5.70. The highest BCUT2D eigenvalue weighted by atomic mass is 16.5. The molecular weight excluding hydrogens is 382 g/mol. The summed E-state index contributed by atoms with van der Waals surface area (Å²) in [6.07, 6.45) is 2.54. The van der Waals surface area contributed by atoms with Crippen molar-refractivity contribution in [2.45, 2.75) is 12.5 Å². The lowest BCUT2D eigenvalue weighted by atomic mass is 10.1. The van der Waals surface area contributed by atoms with Crippen molar-refractivity contribution in [3.05, 3.63) is 78.3 Å². The Morgan fingerprint density at radius 2 is 1.97 bits per heavy atom. The van der Waals surface area contributed by atoms with Crippen LogP contribution >= 0.6 is 0 Å². The summed E-state index contributed by atoms with van der Waals surface area (Å²) >= 11 is 0. The minimum absolute atomic E-state index is 0.211. The molecule has 1 atom stereocenters. The summed E-state index contributed by atoms with van der Waals surface area (Å²) in [5.41, 5.74) is 2.87. The topological polar surface area (TPSA) is 83.8 Å². The fraction of sp³-hybridized carbons (Fsp3) is 0.217. The smallest absolute Gasteiger partial charge is 0.313 e. The van der Waals surface area contributed by atoms with Crippen LogP contribution in [0, 0.1) is 0 Å². The average Bonchev–Trinajstić information content (AvgIpc) is 3.45. The van der Waals surface area contributed by atoms with Crippen molar-refractivity contribution in [3.63, 3.8) is 0 Å². The molecule has 0 bridgehead atoms. The van der Waals surface area contributed by atoms with Crippen molar-refractivity contribution in [2.75, 3.05) is 30.4 Å². The third-order valence-electron chi connectivity index (χ3n) is 5.16. The van der Waals surface area contributed by atoms with Crippen molar-refractivity contribution in [1.82, 2.24) is 5.32 Å². The number of amides is 2. The van der Waals surface area contributed by atoms with Crippen molar-refractivity contribution < 1.29 is 18.7 Å². The molecule has 30 heavy (non-hydrogen) atoms. The number of para-hydroxylation sites is 1. The molecule has 2 aromatic carbocycles. The van der Waals surface area contributed by atoms with Gasteiger partial charge in [-0.2, -0.15) is 0 Å². The van der Waals surface area contributed by atoms with Crippen LogP contribution in [0.15, 0.2) is 71.3 Å². The summed E-state index contributed by atoms with van der Waals surface area (Å²) in [4.78, 5) is 27.0. The quantitative estimate of drug-likeness (QED) is 0.616. The van der Waals surface area contributed by atoms with Gasteiger partial charge in [-0.05, 0) is 42.3 Å². The van der Waals surface area contributed by atoms with Gasteiger partial charge >= 0.3 is 11.8 Å². The number of carbonyl (C=O) groups excluding carboxylic acids is 2. The maximum Gasteiger partial charge on any atom is 0.313 e. The molecule has 2 heterocycles. The maximum absolute atomic E-state index is 12.4. The fourth-order valence-electron chi connectivity index (χ4n) is 3.69. The van der Waals surface area contributed by atoms with Gasteiger partial charge in [-0.15, -0.1) is 0 Å². The lowest BCUT2D eigenvalue weighted by molar-refractivity contribution is -0.136. The second-order valence-electron chi connectivity index (χ2n) is 7.00. The van der Waals surface area contributed by atoms with E-state index in [0.717, 1.165) is 24.4 Å². The van der Waals surface area contributed by atoms with Gasteiger partial charge in [-0.3, -0.25) is 9.59 Å². The number of nitrogens with zero attached hydrogens (tertiary/aromatic N) is 1. The predicted octanol–water partition coefficient (Wildman–Crippen LogP) is 3.15. The number of ether oxygens (including phenoxy) is 1. The molecular formula is C23H23N3O4. The van der Waals surface area contributed by atoms with Gasteiger partial charge in [-0.1, -0.05) is 24.3 Å². The normalized spacial score (nSPS) is 13.4. The molecule has 0 spiro atoms. The highest BCUT2D eigenvalue weighted by Crippen LogP contribution is 2.34. The monoisotopic (exact) mass is 405 g/mol. The van der Waals surface area contributed by atoms with Crippen LogP contribution in [0.25, 0.3) is 0 Å². The molecule has 0 radical (unpaired) electrons. The molecule has 7 nitrogen and oxygen atoms in total. The zero-order chi connectivity index (χ0) is 20.9. The highest BCUT2D eigenvalue weighted by Gasteiger charge is 2.29. The van der Waals surface area contributed by atoms with Crippen molar-refractivity contribution in [1.29, 1.82) is 0 Å². The van der Waals surface area contributed by atoms with Crippen LogP contribution in [-0.2, 0) is 16.0 Å². The molecule has 3 aromatic rings. The van der Waals surface area contributed by atoms with Crippen LogP contribution in [-0.4, -0.2) is 32.0 Å². The van der Waals surface area contributed by atoms with E-state index >= 15 is 0 Å². The van der Waals surface area contributed by atoms with E-state index in [4.69, 9.17) is 9.15 Å².